The molecule has 0 saturated carbocycles. The van der Waals surface area contributed by atoms with Crippen LogP contribution in [-0.2, 0) is 16.6 Å². The molecule has 6 heteroatoms. The Labute approximate surface area is 128 Å². The highest BCUT2D eigenvalue weighted by Crippen LogP contribution is 2.27. The molecule has 2 N–H and O–H groups in total. The van der Waals surface area contributed by atoms with Gasteiger partial charge in [0, 0.05) is 18.7 Å². The van der Waals surface area contributed by atoms with Gasteiger partial charge in [-0.3, -0.25) is 0 Å². The molecule has 0 aliphatic heterocycles. The normalized spacial score (nSPS) is 12.9. The standard InChI is InChI=1S/C15H28N2O3S/c1-7-15(5,6)10-17-21(18,19)14-12(4)20-11(3)13(14)9-16-8-2/h16-17H,7-10H2,1-6H3. The van der Waals surface area contributed by atoms with Crippen molar-refractivity contribution in [1.29, 1.82) is 0 Å². The molecule has 0 aliphatic rings. The highest BCUT2D eigenvalue weighted by Gasteiger charge is 2.28. The molecule has 1 heterocycles. The summed E-state index contributed by atoms with van der Waals surface area (Å²) in [5.74, 6) is 1.10. The molecule has 21 heavy (non-hydrogen) atoms. The lowest BCUT2D eigenvalue weighted by atomic mass is 9.91. The average Bonchev–Trinajstić information content (AvgIpc) is 2.69. The quantitative estimate of drug-likeness (QED) is 0.773. The molecular weight excluding hydrogens is 288 g/mol. The molecule has 1 aromatic heterocycles. The largest absolute Gasteiger partial charge is 0.465 e. The van der Waals surface area contributed by atoms with Gasteiger partial charge in [-0.1, -0.05) is 27.7 Å². The zero-order valence-electron chi connectivity index (χ0n) is 14.0. The van der Waals surface area contributed by atoms with Gasteiger partial charge >= 0.3 is 0 Å². The molecular formula is C15H28N2O3S. The summed E-state index contributed by atoms with van der Waals surface area (Å²) in [7, 11) is -3.56. The summed E-state index contributed by atoms with van der Waals surface area (Å²) < 4.78 is 33.5. The third-order valence-corrected chi connectivity index (χ3v) is 5.44. The predicted octanol–water partition coefficient (Wildman–Crippen LogP) is 2.72. The summed E-state index contributed by atoms with van der Waals surface area (Å²) in [6, 6.07) is 0. The number of furan rings is 1. The lowest BCUT2D eigenvalue weighted by Crippen LogP contribution is -2.34. The van der Waals surface area contributed by atoms with E-state index in [1.807, 2.05) is 20.8 Å². The first-order valence-corrected chi connectivity index (χ1v) is 8.92. The molecule has 0 spiro atoms. The molecule has 1 rings (SSSR count). The van der Waals surface area contributed by atoms with E-state index in [4.69, 9.17) is 4.42 Å². The molecule has 0 saturated heterocycles. The Kier molecular flexibility index (Phi) is 6.01. The molecule has 0 bridgehead atoms. The minimum Gasteiger partial charge on any atom is -0.465 e. The van der Waals surface area contributed by atoms with Crippen molar-refractivity contribution in [3.05, 3.63) is 17.1 Å². The molecule has 1 aromatic rings. The number of rotatable bonds is 8. The number of nitrogens with one attached hydrogen (secondary N) is 2. The van der Waals surface area contributed by atoms with Crippen molar-refractivity contribution in [3.63, 3.8) is 0 Å². The summed E-state index contributed by atoms with van der Waals surface area (Å²) in [6.07, 6.45) is 0.906. The number of sulfonamides is 1. The minimum atomic E-state index is -3.56. The van der Waals surface area contributed by atoms with Crippen LogP contribution < -0.4 is 10.0 Å². The predicted molar refractivity (Wildman–Crippen MR) is 84.8 cm³/mol. The van der Waals surface area contributed by atoms with Crippen molar-refractivity contribution >= 4 is 10.0 Å². The lowest BCUT2D eigenvalue weighted by Gasteiger charge is -2.22. The number of aryl methyl sites for hydroxylation is 2. The second-order valence-electron chi connectivity index (χ2n) is 6.14. The maximum absolute atomic E-state index is 12.6. The minimum absolute atomic E-state index is 0.0679. The Bertz CT molecular complexity index is 574. The van der Waals surface area contributed by atoms with Crippen LogP contribution in [0.25, 0.3) is 0 Å². The van der Waals surface area contributed by atoms with E-state index in [1.165, 1.54) is 0 Å². The first kappa shape index (κ1) is 18.2. The Morgan fingerprint density at radius 3 is 2.29 bits per heavy atom. The molecule has 0 radical (unpaired) electrons. The molecule has 0 amide bonds. The van der Waals surface area contributed by atoms with Gasteiger partial charge in [-0.05, 0) is 32.2 Å². The van der Waals surface area contributed by atoms with Gasteiger partial charge in [0.2, 0.25) is 10.0 Å². The summed E-state index contributed by atoms with van der Waals surface area (Å²) in [5.41, 5.74) is 0.651. The topological polar surface area (TPSA) is 71.3 Å². The van der Waals surface area contributed by atoms with Gasteiger partial charge in [-0.2, -0.15) is 0 Å². The summed E-state index contributed by atoms with van der Waals surface area (Å²) in [4.78, 5) is 0.285. The van der Waals surface area contributed by atoms with Gasteiger partial charge in [-0.15, -0.1) is 0 Å². The van der Waals surface area contributed by atoms with E-state index in [2.05, 4.69) is 17.0 Å². The second kappa shape index (κ2) is 6.94. The van der Waals surface area contributed by atoms with E-state index in [0.29, 0.717) is 24.6 Å². The Hall–Kier alpha value is -0.850. The molecule has 0 aromatic carbocycles. The Morgan fingerprint density at radius 2 is 1.76 bits per heavy atom. The van der Waals surface area contributed by atoms with Gasteiger partial charge in [0.25, 0.3) is 0 Å². The third kappa shape index (κ3) is 4.56. The maximum atomic E-state index is 12.6. The fraction of sp³-hybridized carbons (Fsp3) is 0.733. The second-order valence-corrected chi connectivity index (χ2v) is 7.85. The zero-order valence-corrected chi connectivity index (χ0v) is 14.8. The molecule has 0 atom stereocenters. The Balaban J connectivity index is 3.07. The van der Waals surface area contributed by atoms with Gasteiger partial charge in [0.15, 0.2) is 0 Å². The molecule has 0 unspecified atom stereocenters. The average molecular weight is 316 g/mol. The van der Waals surface area contributed by atoms with E-state index in [-0.39, 0.29) is 10.3 Å². The van der Waals surface area contributed by atoms with E-state index in [1.54, 1.807) is 13.8 Å². The van der Waals surface area contributed by atoms with Crippen LogP contribution in [-0.4, -0.2) is 21.5 Å². The van der Waals surface area contributed by atoms with Crippen LogP contribution >= 0.6 is 0 Å². The summed E-state index contributed by atoms with van der Waals surface area (Å²) >= 11 is 0. The summed E-state index contributed by atoms with van der Waals surface area (Å²) in [5, 5.41) is 3.16. The van der Waals surface area contributed by atoms with E-state index in [9.17, 15) is 8.42 Å². The molecule has 0 fully saturated rings. The van der Waals surface area contributed by atoms with Crippen molar-refractivity contribution in [3.8, 4) is 0 Å². The van der Waals surface area contributed by atoms with Crippen LogP contribution in [0.3, 0.4) is 0 Å². The zero-order chi connectivity index (χ0) is 16.3. The highest BCUT2D eigenvalue weighted by atomic mass is 32.2. The number of hydrogen-bond acceptors (Lipinski definition) is 4. The lowest BCUT2D eigenvalue weighted by molar-refractivity contribution is 0.350. The monoisotopic (exact) mass is 316 g/mol. The van der Waals surface area contributed by atoms with Crippen molar-refractivity contribution in [2.24, 2.45) is 5.41 Å². The smallest absolute Gasteiger partial charge is 0.244 e. The van der Waals surface area contributed by atoms with Gasteiger partial charge < -0.3 is 9.73 Å². The third-order valence-electron chi connectivity index (χ3n) is 3.84. The summed E-state index contributed by atoms with van der Waals surface area (Å²) in [6.45, 7) is 13.3. The van der Waals surface area contributed by atoms with E-state index < -0.39 is 10.0 Å². The maximum Gasteiger partial charge on any atom is 0.244 e. The van der Waals surface area contributed by atoms with Crippen LogP contribution in [0.15, 0.2) is 9.31 Å². The van der Waals surface area contributed by atoms with Crippen LogP contribution in [0.5, 0.6) is 0 Å². The van der Waals surface area contributed by atoms with Gasteiger partial charge in [0.05, 0.1) is 0 Å². The van der Waals surface area contributed by atoms with Crippen LogP contribution in [0.2, 0.25) is 0 Å². The number of hydrogen-bond donors (Lipinski definition) is 2. The van der Waals surface area contributed by atoms with Crippen LogP contribution in [0.1, 0.15) is 51.2 Å². The fourth-order valence-electron chi connectivity index (χ4n) is 2.00. The first-order valence-electron chi connectivity index (χ1n) is 7.44. The van der Waals surface area contributed by atoms with Crippen molar-refractivity contribution in [1.82, 2.24) is 10.0 Å². The van der Waals surface area contributed by atoms with Crippen molar-refractivity contribution in [2.45, 2.75) is 59.4 Å². The molecule has 0 aliphatic carbocycles. The highest BCUT2D eigenvalue weighted by molar-refractivity contribution is 7.89. The van der Waals surface area contributed by atoms with E-state index in [0.717, 1.165) is 18.5 Å². The molecule has 5 nitrogen and oxygen atoms in total. The first-order chi connectivity index (χ1) is 9.64. The van der Waals surface area contributed by atoms with Gasteiger partial charge in [-0.25, -0.2) is 13.1 Å². The van der Waals surface area contributed by atoms with Crippen LogP contribution in [0, 0.1) is 19.3 Å². The van der Waals surface area contributed by atoms with Crippen molar-refractivity contribution < 1.29 is 12.8 Å². The fourth-order valence-corrected chi connectivity index (χ4v) is 3.69. The van der Waals surface area contributed by atoms with Crippen molar-refractivity contribution in [2.75, 3.05) is 13.1 Å². The Morgan fingerprint density at radius 1 is 1.14 bits per heavy atom. The van der Waals surface area contributed by atoms with Gasteiger partial charge in [0.1, 0.15) is 16.4 Å². The molecule has 122 valence electrons. The van der Waals surface area contributed by atoms with Crippen LogP contribution in [0.4, 0.5) is 0 Å². The van der Waals surface area contributed by atoms with E-state index >= 15 is 0 Å². The SMILES string of the molecule is CCNCc1c(C)oc(C)c1S(=O)(=O)NCC(C)(C)CC.